The fourth-order valence-corrected chi connectivity index (χ4v) is 5.58. The molecule has 0 spiro atoms. The van der Waals surface area contributed by atoms with Crippen LogP contribution in [0.2, 0.25) is 0 Å². The second-order valence-corrected chi connectivity index (χ2v) is 10.7. The Balaban J connectivity index is 2.04. The highest BCUT2D eigenvalue weighted by atomic mass is 31.3. The number of nitrogens with zero attached hydrogens (tertiary/aromatic N) is 1. The van der Waals surface area contributed by atoms with Gasteiger partial charge in [-0.1, -0.05) is 6.58 Å². The molecule has 0 aromatic rings. The van der Waals surface area contributed by atoms with Crippen molar-refractivity contribution in [1.29, 1.82) is 0 Å². The summed E-state index contributed by atoms with van der Waals surface area (Å²) in [6, 6.07) is 0. The number of ether oxygens (including phenoxy) is 1. The van der Waals surface area contributed by atoms with Crippen LogP contribution in [0.5, 0.6) is 0 Å². The lowest BCUT2D eigenvalue weighted by molar-refractivity contribution is -0.117. The van der Waals surface area contributed by atoms with E-state index in [9.17, 15) is 33.6 Å². The molecule has 1 saturated heterocycles. The molecular formula is C12H20N3O14P3. The quantitative estimate of drug-likeness (QED) is 0.165. The van der Waals surface area contributed by atoms with Crippen LogP contribution in [0.25, 0.3) is 0 Å². The van der Waals surface area contributed by atoms with Gasteiger partial charge in [-0.3, -0.25) is 14.6 Å². The van der Waals surface area contributed by atoms with E-state index in [0.29, 0.717) is 0 Å². The summed E-state index contributed by atoms with van der Waals surface area (Å²) >= 11 is 0. The van der Waals surface area contributed by atoms with Crippen LogP contribution < -0.4 is 10.6 Å². The molecule has 2 rings (SSSR count). The summed E-state index contributed by atoms with van der Waals surface area (Å²) < 4.78 is 50.6. The SMILES string of the molecule is C=C1NC(NC(C)=O)=NC=C1C1OC(COP(=O)(O)OP(=O)(O)OP(=O)(O)O)C(O)C1O. The largest absolute Gasteiger partial charge is 0.490 e. The van der Waals surface area contributed by atoms with Crippen LogP contribution in [0.4, 0.5) is 0 Å². The maximum atomic E-state index is 11.8. The number of hydrogen-bond acceptors (Lipinski definition) is 12. The van der Waals surface area contributed by atoms with E-state index in [-0.39, 0.29) is 17.2 Å². The predicted molar refractivity (Wildman–Crippen MR) is 102 cm³/mol. The second-order valence-electron chi connectivity index (χ2n) is 6.31. The number of carbonyl (C=O) groups is 1. The third-order valence-corrected chi connectivity index (χ3v) is 7.53. The molecule has 0 aliphatic carbocycles. The molecule has 2 aliphatic heterocycles. The molecule has 6 atom stereocenters. The molecule has 17 nitrogen and oxygen atoms in total. The summed E-state index contributed by atoms with van der Waals surface area (Å²) in [5, 5.41) is 25.4. The molecule has 0 aromatic carbocycles. The van der Waals surface area contributed by atoms with Gasteiger partial charge in [-0.25, -0.2) is 18.7 Å². The van der Waals surface area contributed by atoms with E-state index in [4.69, 9.17) is 19.4 Å². The van der Waals surface area contributed by atoms with Crippen molar-refractivity contribution in [3.8, 4) is 0 Å². The number of phosphoric ester groups is 1. The molecule has 32 heavy (non-hydrogen) atoms. The number of aliphatic imine (C=N–C) groups is 1. The van der Waals surface area contributed by atoms with Gasteiger partial charge in [0.25, 0.3) is 0 Å². The zero-order valence-corrected chi connectivity index (χ0v) is 18.7. The van der Waals surface area contributed by atoms with Crippen molar-refractivity contribution in [2.45, 2.75) is 31.3 Å². The molecule has 2 heterocycles. The zero-order valence-electron chi connectivity index (χ0n) is 16.0. The Labute approximate surface area is 179 Å². The van der Waals surface area contributed by atoms with Gasteiger partial charge in [-0.2, -0.15) is 8.62 Å². The first-order valence-electron chi connectivity index (χ1n) is 8.31. The van der Waals surface area contributed by atoms with Crippen LogP contribution in [-0.2, 0) is 36.4 Å². The average Bonchev–Trinajstić information content (AvgIpc) is 2.85. The van der Waals surface area contributed by atoms with Crippen molar-refractivity contribution in [3.05, 3.63) is 24.0 Å². The number of nitrogens with one attached hydrogen (secondary N) is 2. The van der Waals surface area contributed by atoms with Crippen molar-refractivity contribution in [2.24, 2.45) is 4.99 Å². The van der Waals surface area contributed by atoms with Gasteiger partial charge in [0.05, 0.1) is 6.61 Å². The minimum Gasteiger partial charge on any atom is -0.387 e. The Morgan fingerprint density at radius 3 is 2.34 bits per heavy atom. The first kappa shape index (κ1) is 27.0. The first-order chi connectivity index (χ1) is 14.5. The van der Waals surface area contributed by atoms with Gasteiger partial charge in [-0.15, -0.1) is 0 Å². The minimum atomic E-state index is -5.71. The summed E-state index contributed by atoms with van der Waals surface area (Å²) in [4.78, 5) is 50.5. The maximum Gasteiger partial charge on any atom is 0.490 e. The minimum absolute atomic E-state index is 0.0449. The van der Waals surface area contributed by atoms with Gasteiger partial charge >= 0.3 is 23.5 Å². The Bertz CT molecular complexity index is 975. The number of guanidine groups is 1. The van der Waals surface area contributed by atoms with E-state index in [1.165, 1.54) is 13.1 Å². The molecule has 182 valence electrons. The fourth-order valence-electron chi connectivity index (χ4n) is 2.55. The highest BCUT2D eigenvalue weighted by molar-refractivity contribution is 7.66. The number of carbonyl (C=O) groups excluding carboxylic acids is 1. The number of aliphatic hydroxyl groups is 2. The topological polar surface area (TPSA) is 263 Å². The van der Waals surface area contributed by atoms with Crippen LogP contribution >= 0.6 is 23.5 Å². The van der Waals surface area contributed by atoms with Gasteiger partial charge in [0.2, 0.25) is 11.9 Å². The highest BCUT2D eigenvalue weighted by Crippen LogP contribution is 2.66. The Hall–Kier alpha value is -1.29. The summed E-state index contributed by atoms with van der Waals surface area (Å²) in [5.74, 6) is -0.372. The van der Waals surface area contributed by atoms with E-state index >= 15 is 0 Å². The van der Waals surface area contributed by atoms with Crippen LogP contribution in [-0.4, -0.2) is 72.7 Å². The molecule has 20 heteroatoms. The van der Waals surface area contributed by atoms with E-state index in [2.05, 4.69) is 35.3 Å². The molecule has 1 fully saturated rings. The predicted octanol–water partition coefficient (Wildman–Crippen LogP) is -1.69. The Morgan fingerprint density at radius 1 is 1.19 bits per heavy atom. The standard InChI is InChI=1S/C12H20N3O14P3/c1-5-7(3-13-12(14-5)15-6(2)16)11-10(18)9(17)8(27-11)4-26-31(22,23)29-32(24,25)28-30(19,20)21/h3,8-11,17-18H,1,4H2,2H3,(H,22,23)(H,24,25)(H2,19,20,21)(H2,13,14,15,16). The van der Waals surface area contributed by atoms with Gasteiger partial charge in [0.15, 0.2) is 0 Å². The molecule has 6 unspecified atom stereocenters. The molecule has 0 bridgehead atoms. The number of hydrogen-bond donors (Lipinski definition) is 8. The molecule has 0 aromatic heterocycles. The lowest BCUT2D eigenvalue weighted by Crippen LogP contribution is -2.43. The lowest BCUT2D eigenvalue weighted by Gasteiger charge is -2.24. The molecule has 2 aliphatic rings. The van der Waals surface area contributed by atoms with Gasteiger partial charge in [0, 0.05) is 24.4 Å². The molecule has 1 amide bonds. The second kappa shape index (κ2) is 9.91. The molecule has 0 radical (unpaired) electrons. The average molecular weight is 523 g/mol. The van der Waals surface area contributed by atoms with Crippen molar-refractivity contribution in [1.82, 2.24) is 10.6 Å². The third kappa shape index (κ3) is 7.64. The number of aliphatic hydroxyl groups excluding tert-OH is 2. The molecule has 0 saturated carbocycles. The number of phosphoric acid groups is 3. The van der Waals surface area contributed by atoms with E-state index < -0.39 is 60.4 Å². The molecule has 8 N–H and O–H groups in total. The van der Waals surface area contributed by atoms with E-state index in [0.717, 1.165) is 0 Å². The van der Waals surface area contributed by atoms with Crippen LogP contribution in [0.3, 0.4) is 0 Å². The van der Waals surface area contributed by atoms with Gasteiger partial charge in [-0.05, 0) is 0 Å². The molecular weight excluding hydrogens is 503 g/mol. The highest BCUT2D eigenvalue weighted by Gasteiger charge is 2.47. The van der Waals surface area contributed by atoms with Crippen molar-refractivity contribution in [2.75, 3.05) is 6.61 Å². The number of rotatable bonds is 8. The maximum absolute atomic E-state index is 11.8. The summed E-state index contributed by atoms with van der Waals surface area (Å²) in [6.07, 6.45) is -4.79. The van der Waals surface area contributed by atoms with Crippen molar-refractivity contribution < 1.29 is 66.2 Å². The summed E-state index contributed by atoms with van der Waals surface area (Å²) in [5.41, 5.74) is 0.306. The lowest BCUT2D eigenvalue weighted by atomic mass is 10.00. The van der Waals surface area contributed by atoms with Crippen molar-refractivity contribution >= 4 is 35.3 Å². The van der Waals surface area contributed by atoms with Crippen LogP contribution in [0, 0.1) is 0 Å². The van der Waals surface area contributed by atoms with Crippen LogP contribution in [0.1, 0.15) is 6.92 Å². The van der Waals surface area contributed by atoms with Crippen LogP contribution in [0.15, 0.2) is 29.0 Å². The van der Waals surface area contributed by atoms with Gasteiger partial charge in [0.1, 0.15) is 24.4 Å². The fraction of sp³-hybridized carbons (Fsp3) is 0.500. The normalized spacial score (nSPS) is 29.9. The third-order valence-electron chi connectivity index (χ3n) is 3.73. The van der Waals surface area contributed by atoms with E-state index in [1.807, 2.05) is 0 Å². The zero-order chi connectivity index (χ0) is 24.5. The summed E-state index contributed by atoms with van der Waals surface area (Å²) in [7, 11) is -16.7. The van der Waals surface area contributed by atoms with Crippen molar-refractivity contribution in [3.63, 3.8) is 0 Å². The monoisotopic (exact) mass is 523 g/mol. The first-order valence-corrected chi connectivity index (χ1v) is 12.8. The summed E-state index contributed by atoms with van der Waals surface area (Å²) in [6.45, 7) is 3.96. The smallest absolute Gasteiger partial charge is 0.387 e. The Kier molecular flexibility index (Phi) is 8.35. The number of amides is 1. The Morgan fingerprint density at radius 2 is 1.81 bits per heavy atom. The van der Waals surface area contributed by atoms with E-state index in [1.54, 1.807) is 0 Å². The van der Waals surface area contributed by atoms with Gasteiger partial charge < -0.3 is 39.8 Å².